The molecule has 1 aliphatic carbocycles. The Morgan fingerprint density at radius 3 is 2.91 bits per heavy atom. The molecule has 0 spiro atoms. The van der Waals surface area contributed by atoms with E-state index in [-0.39, 0.29) is 0 Å². The molecule has 0 radical (unpaired) electrons. The smallest absolute Gasteiger partial charge is 0.116 e. The van der Waals surface area contributed by atoms with Crippen LogP contribution in [0.3, 0.4) is 0 Å². The van der Waals surface area contributed by atoms with Crippen molar-refractivity contribution in [3.05, 3.63) is 30.4 Å². The lowest BCUT2D eigenvalue weighted by atomic mass is 10.2. The van der Waals surface area contributed by atoms with E-state index in [2.05, 4.69) is 16.5 Å². The Bertz CT molecular complexity index is 277. The number of hydrogen-bond acceptors (Lipinski definition) is 2. The molecule has 0 bridgehead atoms. The first-order valence-corrected chi connectivity index (χ1v) is 3.84. The van der Waals surface area contributed by atoms with Crippen molar-refractivity contribution in [2.45, 2.75) is 18.8 Å². The molecule has 0 saturated heterocycles. The van der Waals surface area contributed by atoms with Crippen molar-refractivity contribution in [3.63, 3.8) is 0 Å². The van der Waals surface area contributed by atoms with Gasteiger partial charge in [0.1, 0.15) is 6.33 Å². The van der Waals surface area contributed by atoms with Crippen molar-refractivity contribution in [3.8, 4) is 0 Å². The second kappa shape index (κ2) is 2.46. The predicted molar refractivity (Wildman–Crippen MR) is 44.1 cm³/mol. The van der Waals surface area contributed by atoms with Gasteiger partial charge in [-0.05, 0) is 25.0 Å². The number of nitrogens with zero attached hydrogens (tertiary/aromatic N) is 2. The maximum Gasteiger partial charge on any atom is 0.116 e. The molecule has 0 atom stereocenters. The second-order valence-corrected chi connectivity index (χ2v) is 2.85. The number of hydrogen-bond donors (Lipinski definition) is 0. The normalized spacial score (nSPS) is 16.4. The van der Waals surface area contributed by atoms with Crippen LogP contribution >= 0.6 is 0 Å². The summed E-state index contributed by atoms with van der Waals surface area (Å²) in [5, 5.41) is 0. The summed E-state index contributed by atoms with van der Waals surface area (Å²) in [5.41, 5.74) is 2.11. The van der Waals surface area contributed by atoms with Gasteiger partial charge in [0.15, 0.2) is 0 Å². The Kier molecular flexibility index (Phi) is 1.46. The Balaban J connectivity index is 2.33. The van der Waals surface area contributed by atoms with Crippen LogP contribution < -0.4 is 0 Å². The summed E-state index contributed by atoms with van der Waals surface area (Å²) in [4.78, 5) is 8.23. The average molecular weight is 146 g/mol. The highest BCUT2D eigenvalue weighted by atomic mass is 14.8. The van der Waals surface area contributed by atoms with Crippen molar-refractivity contribution >= 4 is 6.08 Å². The summed E-state index contributed by atoms with van der Waals surface area (Å²) >= 11 is 0. The minimum atomic E-state index is 0.705. The molecule has 0 N–H and O–H groups in total. The Labute approximate surface area is 66.0 Å². The standard InChI is InChI=1S/C9H10N2/c1-2-8-5-9(7-3-4-7)11-6-10-8/h2,5-7H,1,3-4H2. The molecular formula is C9H10N2. The van der Waals surface area contributed by atoms with Gasteiger partial charge in [0, 0.05) is 11.6 Å². The van der Waals surface area contributed by atoms with Crippen LogP contribution in [-0.4, -0.2) is 9.97 Å². The molecule has 0 aliphatic heterocycles. The van der Waals surface area contributed by atoms with Gasteiger partial charge >= 0.3 is 0 Å². The maximum atomic E-state index is 4.19. The average Bonchev–Trinajstić information content (AvgIpc) is 2.87. The van der Waals surface area contributed by atoms with Crippen LogP contribution in [-0.2, 0) is 0 Å². The van der Waals surface area contributed by atoms with Crippen LogP contribution in [0.1, 0.15) is 30.1 Å². The molecule has 1 saturated carbocycles. The first-order chi connectivity index (χ1) is 5.40. The molecule has 2 rings (SSSR count). The van der Waals surface area contributed by atoms with E-state index in [4.69, 9.17) is 0 Å². The minimum absolute atomic E-state index is 0.705. The summed E-state index contributed by atoms with van der Waals surface area (Å²) in [6.07, 6.45) is 5.94. The highest BCUT2D eigenvalue weighted by molar-refractivity contribution is 5.41. The predicted octanol–water partition coefficient (Wildman–Crippen LogP) is 2.00. The molecule has 1 aromatic rings. The van der Waals surface area contributed by atoms with Crippen LogP contribution in [0.5, 0.6) is 0 Å². The Hall–Kier alpha value is -1.18. The molecule has 1 fully saturated rings. The summed E-state index contributed by atoms with van der Waals surface area (Å²) in [6.45, 7) is 3.66. The highest BCUT2D eigenvalue weighted by Gasteiger charge is 2.24. The molecule has 56 valence electrons. The fourth-order valence-electron chi connectivity index (χ4n) is 1.10. The Morgan fingerprint density at radius 2 is 2.27 bits per heavy atom. The van der Waals surface area contributed by atoms with Crippen LogP contribution in [0, 0.1) is 0 Å². The lowest BCUT2D eigenvalue weighted by molar-refractivity contribution is 0.982. The van der Waals surface area contributed by atoms with Gasteiger partial charge in [0.05, 0.1) is 5.69 Å². The summed E-state index contributed by atoms with van der Waals surface area (Å²) in [5.74, 6) is 0.705. The third-order valence-electron chi connectivity index (χ3n) is 1.91. The minimum Gasteiger partial charge on any atom is -0.241 e. The van der Waals surface area contributed by atoms with Gasteiger partial charge in [-0.3, -0.25) is 0 Å². The molecule has 0 unspecified atom stereocenters. The summed E-state index contributed by atoms with van der Waals surface area (Å²) < 4.78 is 0. The van der Waals surface area contributed by atoms with Crippen molar-refractivity contribution < 1.29 is 0 Å². The van der Waals surface area contributed by atoms with Crippen LogP contribution in [0.2, 0.25) is 0 Å². The van der Waals surface area contributed by atoms with E-state index in [0.717, 1.165) is 5.69 Å². The zero-order valence-corrected chi connectivity index (χ0v) is 6.33. The van der Waals surface area contributed by atoms with Crippen molar-refractivity contribution in [1.29, 1.82) is 0 Å². The zero-order chi connectivity index (χ0) is 7.68. The van der Waals surface area contributed by atoms with Gasteiger partial charge in [0.25, 0.3) is 0 Å². The fourth-order valence-corrected chi connectivity index (χ4v) is 1.10. The van der Waals surface area contributed by atoms with E-state index in [1.165, 1.54) is 18.5 Å². The Morgan fingerprint density at radius 1 is 1.45 bits per heavy atom. The first kappa shape index (κ1) is 6.53. The zero-order valence-electron chi connectivity index (χ0n) is 6.33. The van der Waals surface area contributed by atoms with Gasteiger partial charge < -0.3 is 0 Å². The molecule has 2 heteroatoms. The van der Waals surface area contributed by atoms with Gasteiger partial charge in [0.2, 0.25) is 0 Å². The lowest BCUT2D eigenvalue weighted by Crippen LogP contribution is -1.89. The molecule has 0 aromatic carbocycles. The van der Waals surface area contributed by atoms with Gasteiger partial charge in [-0.2, -0.15) is 0 Å². The second-order valence-electron chi connectivity index (χ2n) is 2.85. The molecule has 1 heterocycles. The molecular weight excluding hydrogens is 136 g/mol. The molecule has 11 heavy (non-hydrogen) atoms. The van der Waals surface area contributed by atoms with E-state index >= 15 is 0 Å². The number of aromatic nitrogens is 2. The topological polar surface area (TPSA) is 25.8 Å². The fraction of sp³-hybridized carbons (Fsp3) is 0.333. The largest absolute Gasteiger partial charge is 0.241 e. The van der Waals surface area contributed by atoms with E-state index in [1.54, 1.807) is 12.4 Å². The quantitative estimate of drug-likeness (QED) is 0.637. The molecule has 2 nitrogen and oxygen atoms in total. The van der Waals surface area contributed by atoms with Crippen LogP contribution in [0.15, 0.2) is 19.0 Å². The maximum absolute atomic E-state index is 4.19. The van der Waals surface area contributed by atoms with Crippen LogP contribution in [0.25, 0.3) is 6.08 Å². The van der Waals surface area contributed by atoms with Gasteiger partial charge in [-0.15, -0.1) is 0 Å². The highest BCUT2D eigenvalue weighted by Crippen LogP contribution is 2.38. The van der Waals surface area contributed by atoms with E-state index in [0.29, 0.717) is 5.92 Å². The van der Waals surface area contributed by atoms with Gasteiger partial charge in [-0.25, -0.2) is 9.97 Å². The molecule has 0 amide bonds. The van der Waals surface area contributed by atoms with Crippen molar-refractivity contribution in [2.75, 3.05) is 0 Å². The van der Waals surface area contributed by atoms with Crippen molar-refractivity contribution in [1.82, 2.24) is 9.97 Å². The summed E-state index contributed by atoms with van der Waals surface area (Å²) in [7, 11) is 0. The first-order valence-electron chi connectivity index (χ1n) is 3.84. The van der Waals surface area contributed by atoms with E-state index in [1.807, 2.05) is 6.07 Å². The molecule has 1 aliphatic rings. The lowest BCUT2D eigenvalue weighted by Gasteiger charge is -1.96. The summed E-state index contributed by atoms with van der Waals surface area (Å²) in [6, 6.07) is 2.02. The monoisotopic (exact) mass is 146 g/mol. The number of rotatable bonds is 2. The third-order valence-corrected chi connectivity index (χ3v) is 1.91. The van der Waals surface area contributed by atoms with Crippen molar-refractivity contribution in [2.24, 2.45) is 0 Å². The van der Waals surface area contributed by atoms with Gasteiger partial charge in [-0.1, -0.05) is 6.58 Å². The van der Waals surface area contributed by atoms with Crippen LogP contribution in [0.4, 0.5) is 0 Å². The SMILES string of the molecule is C=Cc1cc(C2CC2)ncn1. The molecule has 1 aromatic heterocycles. The van der Waals surface area contributed by atoms with E-state index in [9.17, 15) is 0 Å². The van der Waals surface area contributed by atoms with E-state index < -0.39 is 0 Å². The third kappa shape index (κ3) is 1.29.